The van der Waals surface area contributed by atoms with E-state index in [0.717, 1.165) is 33.0 Å². The first-order valence-electron chi connectivity index (χ1n) is 17.0. The van der Waals surface area contributed by atoms with E-state index >= 15 is 0 Å². The maximum atomic E-state index is 11.8. The molecule has 0 heterocycles. The molecule has 1 N–H and O–H groups in total. The van der Waals surface area contributed by atoms with Crippen molar-refractivity contribution >= 4 is 23.8 Å². The van der Waals surface area contributed by atoms with Crippen LogP contribution in [0.3, 0.4) is 0 Å². The molecule has 3 aromatic rings. The van der Waals surface area contributed by atoms with Crippen LogP contribution in [0.1, 0.15) is 122 Å². The number of allylic oxidation sites excluding steroid dienone is 2. The Labute approximate surface area is 306 Å². The molecule has 0 aromatic heterocycles. The maximum Gasteiger partial charge on any atom is 0.162 e. The largest absolute Gasteiger partial charge is 0.504 e. The van der Waals surface area contributed by atoms with E-state index in [4.69, 9.17) is 9.47 Å². The van der Waals surface area contributed by atoms with Gasteiger partial charge >= 0.3 is 0 Å². The van der Waals surface area contributed by atoms with Crippen LogP contribution in [-0.2, 0) is 32.7 Å². The zero-order valence-corrected chi connectivity index (χ0v) is 34.4. The quantitative estimate of drug-likeness (QED) is 0.124. The summed E-state index contributed by atoms with van der Waals surface area (Å²) >= 11 is 0. The van der Waals surface area contributed by atoms with Crippen molar-refractivity contribution in [2.45, 2.75) is 125 Å². The summed E-state index contributed by atoms with van der Waals surface area (Å²) in [6.07, 6.45) is 13.5. The predicted molar refractivity (Wildman–Crippen MR) is 210 cm³/mol. The van der Waals surface area contributed by atoms with Crippen LogP contribution in [0.25, 0.3) is 0 Å². The molecular formula is C43H64NiO3P+. The molecule has 3 nitrogen and oxygen atoms in total. The summed E-state index contributed by atoms with van der Waals surface area (Å²) in [5, 5.41) is 15.1. The Morgan fingerprint density at radius 1 is 0.688 bits per heavy atom. The zero-order chi connectivity index (χ0) is 34.4. The molecular weight excluding hydrogens is 654 g/mol. The molecule has 268 valence electrons. The van der Waals surface area contributed by atoms with E-state index in [1.165, 1.54) is 54.4 Å². The maximum absolute atomic E-state index is 11.8. The van der Waals surface area contributed by atoms with Crippen LogP contribution in [0.15, 0.2) is 54.6 Å². The third kappa shape index (κ3) is 10.8. The van der Waals surface area contributed by atoms with Gasteiger partial charge < -0.3 is 21.0 Å². The average molecular weight is 719 g/mol. The molecule has 0 aliphatic heterocycles. The van der Waals surface area contributed by atoms with Gasteiger partial charge in [-0.3, -0.25) is 0 Å². The summed E-state index contributed by atoms with van der Waals surface area (Å²) in [7, 11) is 1.75. The first kappa shape index (κ1) is 43.6. The van der Waals surface area contributed by atoms with Crippen molar-refractivity contribution in [3.05, 3.63) is 96.3 Å². The van der Waals surface area contributed by atoms with E-state index in [9.17, 15) is 5.11 Å². The molecule has 0 spiro atoms. The van der Waals surface area contributed by atoms with Crippen LogP contribution in [-0.4, -0.2) is 19.3 Å². The number of aromatic hydroxyl groups is 1. The van der Waals surface area contributed by atoms with Gasteiger partial charge in [-0.25, -0.2) is 0 Å². The van der Waals surface area contributed by atoms with Crippen LogP contribution >= 0.6 is 7.92 Å². The van der Waals surface area contributed by atoms with Gasteiger partial charge in [-0.05, 0) is 77.0 Å². The number of hydrogen-bond acceptors (Lipinski definition) is 3. The van der Waals surface area contributed by atoms with Gasteiger partial charge in [-0.1, -0.05) is 112 Å². The third-order valence-corrected chi connectivity index (χ3v) is 12.1. The number of hydrogen-bond donors (Lipinski definition) is 1. The number of ether oxygens (including phenoxy) is 2. The number of phenolic OH excluding ortho intramolecular Hbond substituents is 1. The van der Waals surface area contributed by atoms with Crippen molar-refractivity contribution in [3.63, 3.8) is 0 Å². The molecule has 0 fully saturated rings. The fourth-order valence-electron chi connectivity index (χ4n) is 6.06. The van der Waals surface area contributed by atoms with Gasteiger partial charge in [0.05, 0.1) is 14.2 Å². The molecule has 48 heavy (non-hydrogen) atoms. The standard InChI is InChI=1S/C34H47O3P.C8H13.CH3.Ni/c1-21-17-23(32(3,4)5)19-26(36-12)30(21)38(28-16-14-15-25(29(28)35)34(9,10)11)31-22(2)18-24(33(6,7)8)20-27(31)37-13;1-2-4-6-8-7-5-3-1;;/h14-20,35H,1-13H3;1-2,7H,3-6,8H2;1H3;/q;-1;+1;/p+1/b;2-1-;;. The summed E-state index contributed by atoms with van der Waals surface area (Å²) in [5.41, 5.74) is 5.53. The number of benzene rings is 3. The first-order valence-corrected chi connectivity index (χ1v) is 18.5. The summed E-state index contributed by atoms with van der Waals surface area (Å²) in [6.45, 7) is 24.1. The monoisotopic (exact) mass is 717 g/mol. The molecule has 3 aromatic carbocycles. The second-order valence-electron chi connectivity index (χ2n) is 15.8. The summed E-state index contributed by atoms with van der Waals surface area (Å²) in [4.78, 5) is 0. The Balaban J connectivity index is 0.00000101. The van der Waals surface area contributed by atoms with E-state index in [1.54, 1.807) is 14.2 Å². The van der Waals surface area contributed by atoms with Crippen LogP contribution in [0.2, 0.25) is 0 Å². The molecule has 1 aliphatic carbocycles. The van der Waals surface area contributed by atoms with Crippen LogP contribution in [0.4, 0.5) is 0 Å². The smallest absolute Gasteiger partial charge is 0.162 e. The number of para-hydroxylation sites is 1. The van der Waals surface area contributed by atoms with Crippen molar-refractivity contribution < 1.29 is 31.1 Å². The Bertz CT molecular complexity index is 1420. The Morgan fingerprint density at radius 2 is 1.17 bits per heavy atom. The van der Waals surface area contributed by atoms with Gasteiger partial charge in [-0.2, -0.15) is 12.8 Å². The summed E-state index contributed by atoms with van der Waals surface area (Å²) in [6, 6.07) is 15.2. The number of methoxy groups -OCH3 is 2. The Hall–Kier alpha value is -2.41. The fourth-order valence-corrected chi connectivity index (χ4v) is 9.25. The third-order valence-electron chi connectivity index (χ3n) is 8.87. The van der Waals surface area contributed by atoms with Crippen molar-refractivity contribution in [2.75, 3.05) is 14.2 Å². The van der Waals surface area contributed by atoms with Crippen LogP contribution < -0.4 is 25.4 Å². The van der Waals surface area contributed by atoms with Crippen LogP contribution in [0.5, 0.6) is 17.2 Å². The number of rotatable bonds is 5. The SMILES string of the molecule is C1=C\CCC[CH-]CC/1.COc1cc(C(C)(C)C)cc(C)c1[PH+](c1cccc(C(C)(C)C)c1O)c1c(C)cc(C(C)(C)C)cc1OC.[CH3+].[Ni]. The normalized spacial score (nSPS) is 14.4. The number of aryl methyl sites for hydroxylation is 2. The minimum Gasteiger partial charge on any atom is -0.504 e. The molecule has 0 atom stereocenters. The first-order chi connectivity index (χ1) is 21.4. The van der Waals surface area contributed by atoms with Crippen molar-refractivity contribution in [3.8, 4) is 17.2 Å². The molecule has 0 saturated heterocycles. The molecule has 0 amide bonds. The minimum atomic E-state index is -1.76. The molecule has 0 radical (unpaired) electrons. The molecule has 5 heteroatoms. The van der Waals surface area contributed by atoms with Gasteiger partial charge in [0, 0.05) is 29.5 Å². The average Bonchev–Trinajstić information content (AvgIpc) is 2.93. The second kappa shape index (κ2) is 18.0. The molecule has 0 bridgehead atoms. The zero-order valence-electron chi connectivity index (χ0n) is 32.4. The summed E-state index contributed by atoms with van der Waals surface area (Å²) < 4.78 is 12.2. The van der Waals surface area contributed by atoms with E-state index < -0.39 is 7.92 Å². The second-order valence-corrected chi connectivity index (χ2v) is 18.1. The van der Waals surface area contributed by atoms with E-state index in [0.29, 0.717) is 5.75 Å². The van der Waals surface area contributed by atoms with Gasteiger partial charge in [0.15, 0.2) is 17.2 Å². The van der Waals surface area contributed by atoms with Crippen molar-refractivity contribution in [1.82, 2.24) is 0 Å². The number of phenols is 1. The summed E-state index contributed by atoms with van der Waals surface area (Å²) in [5.74, 6) is 2.10. The van der Waals surface area contributed by atoms with E-state index in [2.05, 4.69) is 131 Å². The van der Waals surface area contributed by atoms with Gasteiger partial charge in [0.1, 0.15) is 23.8 Å². The molecule has 4 rings (SSSR count). The molecule has 0 unspecified atom stereocenters. The minimum absolute atomic E-state index is 0. The van der Waals surface area contributed by atoms with Crippen LogP contribution in [0, 0.1) is 27.7 Å². The topological polar surface area (TPSA) is 38.7 Å². The Kier molecular flexibility index (Phi) is 16.4. The van der Waals surface area contributed by atoms with Crippen molar-refractivity contribution in [2.24, 2.45) is 0 Å². The molecule has 0 saturated carbocycles. The van der Waals surface area contributed by atoms with E-state index in [1.807, 2.05) is 6.07 Å². The molecule has 1 aliphatic rings. The Morgan fingerprint density at radius 3 is 1.60 bits per heavy atom. The van der Waals surface area contributed by atoms with E-state index in [-0.39, 0.29) is 40.2 Å². The predicted octanol–water partition coefficient (Wildman–Crippen LogP) is 10.6. The van der Waals surface area contributed by atoms with Gasteiger partial charge in [0.2, 0.25) is 0 Å². The van der Waals surface area contributed by atoms with Gasteiger partial charge in [0.25, 0.3) is 0 Å². The fraction of sp³-hybridized carbons (Fsp3) is 0.488. The van der Waals surface area contributed by atoms with Crippen molar-refractivity contribution in [1.29, 1.82) is 0 Å². The van der Waals surface area contributed by atoms with Gasteiger partial charge in [-0.15, -0.1) is 0 Å².